The molecule has 0 bridgehead atoms. The van der Waals surface area contributed by atoms with Crippen LogP contribution in [0.25, 0.3) is 62.0 Å². The average molecular weight is 918 g/mol. The summed E-state index contributed by atoms with van der Waals surface area (Å²) in [6, 6.07) is 53.2. The molecule has 4 nitrogen and oxygen atoms in total. The Bertz CT molecular complexity index is 3040. The minimum atomic E-state index is 0.339. The fourth-order valence-corrected chi connectivity index (χ4v) is 12.4. The summed E-state index contributed by atoms with van der Waals surface area (Å²) in [5.74, 6) is 4.72. The molecular formula is C66H69N4+. The zero-order valence-electron chi connectivity index (χ0n) is 41.6. The first-order chi connectivity index (χ1) is 34.5. The molecule has 70 heavy (non-hydrogen) atoms. The fraction of sp³-hybridized carbons (Fsp3) is 0.303. The summed E-state index contributed by atoms with van der Waals surface area (Å²) in [6.07, 6.45) is 31.7. The van der Waals surface area contributed by atoms with Crippen molar-refractivity contribution in [3.8, 4) is 56.4 Å². The molecule has 6 aromatic carbocycles. The van der Waals surface area contributed by atoms with Gasteiger partial charge in [0.1, 0.15) is 29.9 Å². The second-order valence-electron chi connectivity index (χ2n) is 20.7. The van der Waals surface area contributed by atoms with Gasteiger partial charge in [0.05, 0.1) is 11.3 Å². The van der Waals surface area contributed by atoms with Gasteiger partial charge in [0.25, 0.3) is 5.82 Å². The smallest absolute Gasteiger partial charge is 0.295 e. The molecule has 0 saturated heterocycles. The zero-order chi connectivity index (χ0) is 47.4. The molecule has 4 heteroatoms. The van der Waals surface area contributed by atoms with Crippen molar-refractivity contribution in [2.24, 2.45) is 11.8 Å². The molecule has 2 atom stereocenters. The van der Waals surface area contributed by atoms with Crippen molar-refractivity contribution in [1.82, 2.24) is 14.1 Å². The number of para-hydroxylation sites is 1. The highest BCUT2D eigenvalue weighted by molar-refractivity contribution is 5.87. The van der Waals surface area contributed by atoms with Gasteiger partial charge < -0.3 is 0 Å². The SMILES string of the molecule is C1=CC(c2ccc(C3CCCCC3)c(-n3ccnc3-c3ccccc3)c2C2CCCCC2)=CCC1.CC(C)[C@@H](C)[C@H]1c2ccccc2-c2n(-c3c(-c4ccccc4)cccc3-c3ccccc3)cc[n+]21. The third kappa shape index (κ3) is 8.87. The van der Waals surface area contributed by atoms with Crippen LogP contribution in [0, 0.1) is 11.8 Å². The van der Waals surface area contributed by atoms with Crippen molar-refractivity contribution in [3.63, 3.8) is 0 Å². The van der Waals surface area contributed by atoms with Gasteiger partial charge in [-0.05, 0) is 95.7 Å². The van der Waals surface area contributed by atoms with Gasteiger partial charge in [-0.3, -0.25) is 4.57 Å². The zero-order valence-corrected chi connectivity index (χ0v) is 41.6. The maximum atomic E-state index is 4.91. The first-order valence-corrected chi connectivity index (χ1v) is 26.6. The van der Waals surface area contributed by atoms with E-state index in [4.69, 9.17) is 4.98 Å². The van der Waals surface area contributed by atoms with Crippen LogP contribution in [0.2, 0.25) is 0 Å². The second-order valence-corrected chi connectivity index (χ2v) is 20.7. The summed E-state index contributed by atoms with van der Waals surface area (Å²) in [5.41, 5.74) is 17.6. The molecule has 0 radical (unpaired) electrons. The molecule has 0 spiro atoms. The van der Waals surface area contributed by atoms with E-state index in [2.05, 4.69) is 217 Å². The minimum Gasteiger partial charge on any atom is -0.299 e. The number of hydrogen-bond donors (Lipinski definition) is 0. The van der Waals surface area contributed by atoms with Crippen molar-refractivity contribution in [2.75, 3.05) is 0 Å². The molecule has 12 rings (SSSR count). The Morgan fingerprint density at radius 3 is 1.74 bits per heavy atom. The number of aromatic nitrogens is 4. The van der Waals surface area contributed by atoms with Crippen LogP contribution < -0.4 is 4.57 Å². The quantitative estimate of drug-likeness (QED) is 0.126. The van der Waals surface area contributed by atoms with E-state index < -0.39 is 0 Å². The molecule has 1 aliphatic heterocycles. The number of fused-ring (bicyclic) bond motifs is 3. The predicted molar refractivity (Wildman–Crippen MR) is 291 cm³/mol. The number of imidazole rings is 2. The van der Waals surface area contributed by atoms with Gasteiger partial charge in [-0.25, -0.2) is 9.55 Å². The molecule has 0 amide bonds. The monoisotopic (exact) mass is 918 g/mol. The topological polar surface area (TPSA) is 26.6 Å². The highest BCUT2D eigenvalue weighted by atomic mass is 15.2. The fourth-order valence-electron chi connectivity index (χ4n) is 12.4. The van der Waals surface area contributed by atoms with Gasteiger partial charge in [0.2, 0.25) is 0 Å². The summed E-state index contributed by atoms with van der Waals surface area (Å²) in [5, 5.41) is 0. The molecule has 4 aliphatic rings. The Labute approximate surface area is 417 Å². The third-order valence-corrected chi connectivity index (χ3v) is 16.2. The lowest BCUT2D eigenvalue weighted by Gasteiger charge is -2.33. The number of allylic oxidation sites excluding steroid dienone is 4. The number of benzene rings is 6. The highest BCUT2D eigenvalue weighted by Crippen LogP contribution is 2.47. The van der Waals surface area contributed by atoms with E-state index in [1.807, 2.05) is 6.20 Å². The molecule has 0 N–H and O–H groups in total. The Kier molecular flexibility index (Phi) is 13.5. The van der Waals surface area contributed by atoms with E-state index in [0.29, 0.717) is 29.7 Å². The lowest BCUT2D eigenvalue weighted by atomic mass is 9.75. The largest absolute Gasteiger partial charge is 0.299 e. The summed E-state index contributed by atoms with van der Waals surface area (Å²) in [4.78, 5) is 4.91. The normalized spacial score (nSPS) is 17.4. The lowest BCUT2D eigenvalue weighted by Crippen LogP contribution is -2.41. The van der Waals surface area contributed by atoms with Crippen LogP contribution in [0.15, 0.2) is 189 Å². The summed E-state index contributed by atoms with van der Waals surface area (Å²) >= 11 is 0. The first-order valence-electron chi connectivity index (χ1n) is 26.6. The first kappa shape index (κ1) is 45.7. The van der Waals surface area contributed by atoms with Gasteiger partial charge in [-0.2, -0.15) is 4.57 Å². The molecule has 2 saturated carbocycles. The van der Waals surface area contributed by atoms with Crippen molar-refractivity contribution in [2.45, 2.75) is 116 Å². The van der Waals surface area contributed by atoms with Gasteiger partial charge >= 0.3 is 0 Å². The van der Waals surface area contributed by atoms with Crippen LogP contribution in [-0.2, 0) is 0 Å². The predicted octanol–water partition coefficient (Wildman–Crippen LogP) is 17.3. The molecule has 3 heterocycles. The summed E-state index contributed by atoms with van der Waals surface area (Å²) in [7, 11) is 0. The minimum absolute atomic E-state index is 0.339. The van der Waals surface area contributed by atoms with Crippen LogP contribution in [0.5, 0.6) is 0 Å². The van der Waals surface area contributed by atoms with Crippen LogP contribution in [0.4, 0.5) is 0 Å². The van der Waals surface area contributed by atoms with E-state index in [9.17, 15) is 0 Å². The molecule has 3 aliphatic carbocycles. The summed E-state index contributed by atoms with van der Waals surface area (Å²) in [6.45, 7) is 7.06. The Hall–Kier alpha value is -6.78. The van der Waals surface area contributed by atoms with Gasteiger partial charge in [0, 0.05) is 40.6 Å². The molecule has 352 valence electrons. The van der Waals surface area contributed by atoms with Crippen LogP contribution in [0.3, 0.4) is 0 Å². The average Bonchev–Trinajstić information content (AvgIpc) is 4.18. The van der Waals surface area contributed by atoms with Crippen molar-refractivity contribution < 1.29 is 4.57 Å². The molecular weight excluding hydrogens is 849 g/mol. The Morgan fingerprint density at radius 2 is 1.11 bits per heavy atom. The molecule has 8 aromatic rings. The van der Waals surface area contributed by atoms with Crippen molar-refractivity contribution in [3.05, 3.63) is 211 Å². The van der Waals surface area contributed by atoms with Gasteiger partial charge in [-0.1, -0.05) is 217 Å². The highest BCUT2D eigenvalue weighted by Gasteiger charge is 2.42. The standard InChI is InChI=1S/C33H31N2.C33H38N2/c1-23(2)24(3)31-29-17-10-11-18-30(29)33-34(31)21-22-35(33)32-27(25-13-6-4-7-14-25)19-12-20-28(32)26-15-8-5-9-16-26;1-5-13-25(14-6-1)29-21-22-30(26-15-7-2-8-16-26)32(31(29)27-17-9-3-10-18-27)35-24-23-34-33(35)28-19-11-4-12-20-28/h4-24,31H,1-3H3;4-5,11-14,19-24,26-27H,1-3,6-10,15-18H2/q+1;/t24-,31+;/m1./s1. The number of rotatable bonds is 10. The number of hydrogen-bond acceptors (Lipinski definition) is 1. The Morgan fingerprint density at radius 1 is 0.514 bits per heavy atom. The van der Waals surface area contributed by atoms with Crippen molar-refractivity contribution in [1.29, 1.82) is 0 Å². The molecule has 2 fully saturated rings. The number of nitrogens with zero attached hydrogens (tertiary/aromatic N) is 4. The van der Waals surface area contributed by atoms with E-state index >= 15 is 0 Å². The van der Waals surface area contributed by atoms with Gasteiger partial charge in [0.15, 0.2) is 0 Å². The maximum Gasteiger partial charge on any atom is 0.295 e. The van der Waals surface area contributed by atoms with E-state index in [1.165, 1.54) is 131 Å². The van der Waals surface area contributed by atoms with Gasteiger partial charge in [-0.15, -0.1) is 0 Å². The molecule has 0 unspecified atom stereocenters. The second kappa shape index (κ2) is 20.7. The third-order valence-electron chi connectivity index (χ3n) is 16.2. The Balaban J connectivity index is 0.000000152. The summed E-state index contributed by atoms with van der Waals surface area (Å²) < 4.78 is 7.39. The maximum absolute atomic E-state index is 4.91. The van der Waals surface area contributed by atoms with Crippen molar-refractivity contribution >= 4 is 5.57 Å². The lowest BCUT2D eigenvalue weighted by molar-refractivity contribution is -0.704. The van der Waals surface area contributed by atoms with Crippen LogP contribution in [-0.4, -0.2) is 14.1 Å². The van der Waals surface area contributed by atoms with Crippen LogP contribution in [0.1, 0.15) is 138 Å². The van der Waals surface area contributed by atoms with E-state index in [1.54, 1.807) is 11.1 Å². The van der Waals surface area contributed by atoms with E-state index in [-0.39, 0.29) is 0 Å². The molecule has 2 aromatic heterocycles. The van der Waals surface area contributed by atoms with E-state index in [0.717, 1.165) is 18.7 Å². The van der Waals surface area contributed by atoms with Crippen LogP contribution >= 0.6 is 0 Å².